The van der Waals surface area contributed by atoms with Crippen LogP contribution in [0.3, 0.4) is 0 Å². The number of H-pyrrole nitrogens is 1. The number of anilines is 1. The third kappa shape index (κ3) is 1.93. The molecule has 3 rings (SSSR count). The second-order valence-corrected chi connectivity index (χ2v) is 3.78. The molecule has 0 bridgehead atoms. The van der Waals surface area contributed by atoms with E-state index in [4.69, 9.17) is 0 Å². The highest BCUT2D eigenvalue weighted by Gasteiger charge is 2.09. The van der Waals surface area contributed by atoms with Gasteiger partial charge in [0.2, 0.25) is 5.95 Å². The summed E-state index contributed by atoms with van der Waals surface area (Å²) in [4.78, 5) is 23.0. The number of aromatic nitrogens is 3. The Morgan fingerprint density at radius 2 is 2.06 bits per heavy atom. The summed E-state index contributed by atoms with van der Waals surface area (Å²) in [6, 6.07) is 11.2. The molecule has 2 N–H and O–H groups in total. The first kappa shape index (κ1) is 10.5. The van der Waals surface area contributed by atoms with Crippen molar-refractivity contribution in [3.63, 3.8) is 0 Å². The topological polar surface area (TPSA) is 70.7 Å². The van der Waals surface area contributed by atoms with E-state index in [1.165, 1.54) is 0 Å². The maximum absolute atomic E-state index is 11.9. The highest BCUT2D eigenvalue weighted by molar-refractivity contribution is 6.03. The van der Waals surface area contributed by atoms with Crippen molar-refractivity contribution in [2.24, 2.45) is 0 Å². The molecule has 0 radical (unpaired) electrons. The lowest BCUT2D eigenvalue weighted by molar-refractivity contribution is 0.102. The molecule has 0 spiro atoms. The smallest absolute Gasteiger partial charge is 0.276 e. The SMILES string of the molecule is O=C(Nc1ncc[nH]1)c1ccc2ccccc2n1. The van der Waals surface area contributed by atoms with Crippen LogP contribution in [-0.4, -0.2) is 20.9 Å². The minimum absolute atomic E-state index is 0.282. The molecule has 3 aromatic rings. The number of pyridine rings is 1. The van der Waals surface area contributed by atoms with Crippen molar-refractivity contribution in [1.29, 1.82) is 0 Å². The number of hydrogen-bond donors (Lipinski definition) is 2. The molecule has 0 atom stereocenters. The zero-order valence-corrected chi connectivity index (χ0v) is 9.42. The van der Waals surface area contributed by atoms with Crippen molar-refractivity contribution in [2.45, 2.75) is 0 Å². The highest BCUT2D eigenvalue weighted by atomic mass is 16.2. The van der Waals surface area contributed by atoms with E-state index in [0.29, 0.717) is 11.6 Å². The molecule has 1 amide bonds. The highest BCUT2D eigenvalue weighted by Crippen LogP contribution is 2.12. The number of fused-ring (bicyclic) bond motifs is 1. The maximum Gasteiger partial charge on any atom is 0.276 e. The Bertz CT molecular complexity index is 691. The molecule has 0 unspecified atom stereocenters. The first-order valence-corrected chi connectivity index (χ1v) is 5.49. The molecule has 0 saturated carbocycles. The van der Waals surface area contributed by atoms with Crippen LogP contribution in [-0.2, 0) is 0 Å². The molecule has 5 nitrogen and oxygen atoms in total. The predicted octanol–water partition coefficient (Wildman–Crippen LogP) is 2.21. The van der Waals surface area contributed by atoms with E-state index < -0.39 is 0 Å². The van der Waals surface area contributed by atoms with Crippen LogP contribution < -0.4 is 5.32 Å². The Morgan fingerprint density at radius 1 is 1.17 bits per heavy atom. The molecule has 5 heteroatoms. The Morgan fingerprint density at radius 3 is 2.89 bits per heavy atom. The third-order valence-corrected chi connectivity index (χ3v) is 2.56. The average molecular weight is 238 g/mol. The third-order valence-electron chi connectivity index (χ3n) is 2.56. The van der Waals surface area contributed by atoms with E-state index in [-0.39, 0.29) is 5.91 Å². The number of rotatable bonds is 2. The van der Waals surface area contributed by atoms with E-state index in [9.17, 15) is 4.79 Å². The fourth-order valence-corrected chi connectivity index (χ4v) is 1.70. The van der Waals surface area contributed by atoms with E-state index in [1.807, 2.05) is 30.3 Å². The molecule has 0 aliphatic heterocycles. The van der Waals surface area contributed by atoms with E-state index in [1.54, 1.807) is 18.5 Å². The van der Waals surface area contributed by atoms with E-state index in [2.05, 4.69) is 20.3 Å². The van der Waals surface area contributed by atoms with Gasteiger partial charge in [-0.1, -0.05) is 24.3 Å². The summed E-state index contributed by atoms with van der Waals surface area (Å²) in [6.07, 6.45) is 3.22. The number of nitrogens with zero attached hydrogens (tertiary/aromatic N) is 2. The summed E-state index contributed by atoms with van der Waals surface area (Å²) in [5.41, 5.74) is 1.16. The molecule has 0 aliphatic carbocycles. The minimum Gasteiger partial charge on any atom is -0.331 e. The molecule has 0 aliphatic rings. The van der Waals surface area contributed by atoms with Crippen LogP contribution in [0, 0.1) is 0 Å². The number of imidazole rings is 1. The van der Waals surface area contributed by atoms with Crippen molar-refractivity contribution in [3.8, 4) is 0 Å². The van der Waals surface area contributed by atoms with Gasteiger partial charge < -0.3 is 4.98 Å². The van der Waals surface area contributed by atoms with Crippen molar-refractivity contribution >= 4 is 22.8 Å². The van der Waals surface area contributed by atoms with Gasteiger partial charge in [-0.15, -0.1) is 0 Å². The quantitative estimate of drug-likeness (QED) is 0.719. The Labute approximate surface area is 103 Å². The van der Waals surface area contributed by atoms with E-state index in [0.717, 1.165) is 10.9 Å². The Balaban J connectivity index is 1.92. The fourth-order valence-electron chi connectivity index (χ4n) is 1.70. The van der Waals surface area contributed by atoms with Crippen LogP contribution in [0.15, 0.2) is 48.8 Å². The Kier molecular flexibility index (Phi) is 2.49. The largest absolute Gasteiger partial charge is 0.331 e. The summed E-state index contributed by atoms with van der Waals surface area (Å²) < 4.78 is 0. The van der Waals surface area contributed by atoms with Crippen molar-refractivity contribution < 1.29 is 4.79 Å². The van der Waals surface area contributed by atoms with Crippen molar-refractivity contribution in [2.75, 3.05) is 5.32 Å². The molecule has 88 valence electrons. The van der Waals surface area contributed by atoms with Gasteiger partial charge in [0.1, 0.15) is 5.69 Å². The van der Waals surface area contributed by atoms with Gasteiger partial charge in [0.05, 0.1) is 5.52 Å². The molecule has 2 aromatic heterocycles. The molecule has 0 saturated heterocycles. The maximum atomic E-state index is 11.9. The van der Waals surface area contributed by atoms with Gasteiger partial charge in [-0.05, 0) is 12.1 Å². The first-order chi connectivity index (χ1) is 8.83. The molecule has 18 heavy (non-hydrogen) atoms. The lowest BCUT2D eigenvalue weighted by Crippen LogP contribution is -2.14. The van der Waals surface area contributed by atoms with Gasteiger partial charge in [0.15, 0.2) is 0 Å². The van der Waals surface area contributed by atoms with Crippen LogP contribution in [0.25, 0.3) is 10.9 Å². The van der Waals surface area contributed by atoms with Crippen LogP contribution in [0.4, 0.5) is 5.95 Å². The number of amides is 1. The van der Waals surface area contributed by atoms with Gasteiger partial charge >= 0.3 is 0 Å². The lowest BCUT2D eigenvalue weighted by atomic mass is 10.2. The Hall–Kier alpha value is -2.69. The molecule has 0 fully saturated rings. The fraction of sp³-hybridized carbons (Fsp3) is 0. The first-order valence-electron chi connectivity index (χ1n) is 5.49. The van der Waals surface area contributed by atoms with Crippen LogP contribution >= 0.6 is 0 Å². The van der Waals surface area contributed by atoms with Crippen LogP contribution in [0.1, 0.15) is 10.5 Å². The molecule has 1 aromatic carbocycles. The summed E-state index contributed by atoms with van der Waals surface area (Å²) in [7, 11) is 0. The number of carbonyl (C=O) groups is 1. The monoisotopic (exact) mass is 238 g/mol. The van der Waals surface area contributed by atoms with Gasteiger partial charge in [-0.2, -0.15) is 0 Å². The number of benzene rings is 1. The van der Waals surface area contributed by atoms with Gasteiger partial charge in [0, 0.05) is 17.8 Å². The zero-order chi connectivity index (χ0) is 12.4. The van der Waals surface area contributed by atoms with Crippen molar-refractivity contribution in [1.82, 2.24) is 15.0 Å². The van der Waals surface area contributed by atoms with Gasteiger partial charge in [-0.25, -0.2) is 9.97 Å². The van der Waals surface area contributed by atoms with Gasteiger partial charge in [0.25, 0.3) is 5.91 Å². The van der Waals surface area contributed by atoms with Crippen LogP contribution in [0.5, 0.6) is 0 Å². The summed E-state index contributed by atoms with van der Waals surface area (Å²) in [5, 5.41) is 3.64. The molecule has 2 heterocycles. The lowest BCUT2D eigenvalue weighted by Gasteiger charge is -2.02. The van der Waals surface area contributed by atoms with E-state index >= 15 is 0 Å². The second-order valence-electron chi connectivity index (χ2n) is 3.78. The summed E-state index contributed by atoms with van der Waals surface area (Å²) in [5.74, 6) is 0.130. The van der Waals surface area contributed by atoms with Gasteiger partial charge in [-0.3, -0.25) is 10.1 Å². The number of hydrogen-bond acceptors (Lipinski definition) is 3. The molecular formula is C13H10N4O. The van der Waals surface area contributed by atoms with Crippen LogP contribution in [0.2, 0.25) is 0 Å². The zero-order valence-electron chi connectivity index (χ0n) is 9.42. The van der Waals surface area contributed by atoms with Crippen molar-refractivity contribution in [3.05, 3.63) is 54.5 Å². The minimum atomic E-state index is -0.282. The summed E-state index contributed by atoms with van der Waals surface area (Å²) in [6.45, 7) is 0. The number of aromatic amines is 1. The number of para-hydroxylation sites is 1. The average Bonchev–Trinajstić information content (AvgIpc) is 2.91. The second kappa shape index (κ2) is 4.29. The predicted molar refractivity (Wildman–Crippen MR) is 68.3 cm³/mol. The normalized spacial score (nSPS) is 10.4. The standard InChI is InChI=1S/C13H10N4O/c18-12(17-13-14-7-8-15-13)11-6-5-9-3-1-2-4-10(9)16-11/h1-8H,(H2,14,15,17,18). The summed E-state index contributed by atoms with van der Waals surface area (Å²) >= 11 is 0. The number of carbonyl (C=O) groups excluding carboxylic acids is 1. The molecular weight excluding hydrogens is 228 g/mol. The number of nitrogens with one attached hydrogen (secondary N) is 2.